The number of pyridine rings is 2. The lowest BCUT2D eigenvalue weighted by Gasteiger charge is -2.29. The van der Waals surface area contributed by atoms with Crippen molar-refractivity contribution in [2.75, 3.05) is 0 Å². The number of nitrogens with two attached hydrogens (primary N) is 1. The van der Waals surface area contributed by atoms with Gasteiger partial charge in [-0.25, -0.2) is 19.9 Å². The van der Waals surface area contributed by atoms with Crippen molar-refractivity contribution in [3.8, 4) is 56.4 Å². The minimum absolute atomic E-state index is 0.00590. The lowest BCUT2D eigenvalue weighted by Crippen LogP contribution is -2.26. The van der Waals surface area contributed by atoms with Crippen LogP contribution in [0, 0.1) is 0 Å². The lowest BCUT2D eigenvalue weighted by atomic mass is 9.89. The number of dihydropyridines is 1. The predicted molar refractivity (Wildman–Crippen MR) is 252 cm³/mol. The molecule has 0 spiro atoms. The van der Waals surface area contributed by atoms with Gasteiger partial charge in [0.1, 0.15) is 11.5 Å². The van der Waals surface area contributed by atoms with Crippen LogP contribution in [0.5, 0.6) is 0 Å². The third-order valence-corrected chi connectivity index (χ3v) is 11.5. The van der Waals surface area contributed by atoms with Crippen LogP contribution >= 0.6 is 0 Å². The Kier molecular flexibility index (Phi) is 9.01. The fraction of sp³-hybridized carbons (Fsp3) is 0.0185. The number of hydrogen-bond acceptors (Lipinski definition) is 7. The largest absolute Gasteiger partial charge is 0.385 e. The van der Waals surface area contributed by atoms with Gasteiger partial charge in [0.2, 0.25) is 0 Å². The maximum Gasteiger partial charge on any atom is 0.164 e. The van der Waals surface area contributed by atoms with E-state index in [1.54, 1.807) is 18.3 Å². The molecule has 4 aromatic heterocycles. The Labute approximate surface area is 358 Å². The molecule has 0 saturated carbocycles. The molecular weight excluding hydrogens is 761 g/mol. The van der Waals surface area contributed by atoms with Crippen molar-refractivity contribution in [1.29, 1.82) is 0 Å². The van der Waals surface area contributed by atoms with E-state index in [4.69, 9.17) is 30.7 Å². The van der Waals surface area contributed by atoms with Crippen LogP contribution in [0.1, 0.15) is 22.9 Å². The molecule has 0 fully saturated rings. The van der Waals surface area contributed by atoms with Crippen LogP contribution in [0.2, 0.25) is 0 Å². The molecule has 0 saturated heterocycles. The van der Waals surface area contributed by atoms with E-state index in [0.717, 1.165) is 83.4 Å². The fourth-order valence-corrected chi connectivity index (χ4v) is 8.47. The van der Waals surface area contributed by atoms with Gasteiger partial charge in [0.25, 0.3) is 0 Å². The van der Waals surface area contributed by atoms with Crippen molar-refractivity contribution in [2.24, 2.45) is 5.73 Å². The normalized spacial score (nSPS) is 14.5. The summed E-state index contributed by atoms with van der Waals surface area (Å²) in [5.41, 5.74) is 20.6. The molecule has 11 rings (SSSR count). The fourth-order valence-electron chi connectivity index (χ4n) is 8.47. The van der Waals surface area contributed by atoms with Crippen LogP contribution in [-0.2, 0) is 0 Å². The highest BCUT2D eigenvalue weighted by Crippen LogP contribution is 2.39. The second-order valence-corrected chi connectivity index (χ2v) is 15.3. The van der Waals surface area contributed by atoms with E-state index in [-0.39, 0.29) is 6.04 Å². The van der Waals surface area contributed by atoms with Crippen LogP contribution in [0.4, 0.5) is 0 Å². The first-order valence-corrected chi connectivity index (χ1v) is 20.5. The number of nitrogens with zero attached hydrogens (tertiary/aromatic N) is 6. The van der Waals surface area contributed by atoms with Gasteiger partial charge in [0.15, 0.2) is 17.5 Å². The molecule has 2 aliphatic rings. The molecule has 62 heavy (non-hydrogen) atoms. The molecule has 3 N–H and O–H groups in total. The van der Waals surface area contributed by atoms with Crippen molar-refractivity contribution in [2.45, 2.75) is 6.04 Å². The molecule has 294 valence electrons. The smallest absolute Gasteiger partial charge is 0.164 e. The summed E-state index contributed by atoms with van der Waals surface area (Å²) in [7, 11) is 0. The molecule has 8 nitrogen and oxygen atoms in total. The van der Waals surface area contributed by atoms with Crippen molar-refractivity contribution < 1.29 is 0 Å². The van der Waals surface area contributed by atoms with Gasteiger partial charge < -0.3 is 11.1 Å². The lowest BCUT2D eigenvalue weighted by molar-refractivity contribution is 0.704. The van der Waals surface area contributed by atoms with Crippen LogP contribution in [-0.4, -0.2) is 29.5 Å². The van der Waals surface area contributed by atoms with Crippen molar-refractivity contribution in [1.82, 2.24) is 34.8 Å². The van der Waals surface area contributed by atoms with Crippen LogP contribution < -0.4 is 11.1 Å². The second-order valence-electron chi connectivity index (χ2n) is 15.3. The van der Waals surface area contributed by atoms with Gasteiger partial charge in [-0.3, -0.25) is 9.55 Å². The van der Waals surface area contributed by atoms with E-state index < -0.39 is 0 Å². The topological polar surface area (TPSA) is 107 Å². The van der Waals surface area contributed by atoms with Gasteiger partial charge in [-0.15, -0.1) is 0 Å². The molecule has 1 aliphatic carbocycles. The van der Waals surface area contributed by atoms with Gasteiger partial charge in [-0.1, -0.05) is 128 Å². The Balaban J connectivity index is 1.06. The standard InChI is InChI=1S/C54H38N8/c1-2-11-48(55)62-47-27-25-40(33-45(47)44-17-10-29-57-54(44)62)42-30-41(34-18-20-35(21-19-34)46-26-24-37-23-22-36-16-9-28-56-49(36)50(37)58-46)31-43(32-42)53-60-51(38-12-5-3-6-13-38)59-52(61-53)39-14-7-4-8-15-39/h2-33,50,58H,1,55H2/b48-11+. The highest BCUT2D eigenvalue weighted by Gasteiger charge is 2.25. The Morgan fingerprint density at radius 2 is 1.19 bits per heavy atom. The molecule has 9 aromatic rings. The van der Waals surface area contributed by atoms with Crippen LogP contribution in [0.15, 0.2) is 201 Å². The number of hydrogen-bond donors (Lipinski definition) is 2. The summed E-state index contributed by atoms with van der Waals surface area (Å²) >= 11 is 0. The van der Waals surface area contributed by atoms with E-state index in [1.165, 1.54) is 5.57 Å². The third kappa shape index (κ3) is 6.56. The molecule has 0 bridgehead atoms. The van der Waals surface area contributed by atoms with E-state index in [1.807, 2.05) is 83.6 Å². The highest BCUT2D eigenvalue weighted by molar-refractivity contribution is 6.10. The second kappa shape index (κ2) is 15.3. The maximum absolute atomic E-state index is 6.59. The Morgan fingerprint density at radius 1 is 0.565 bits per heavy atom. The summed E-state index contributed by atoms with van der Waals surface area (Å²) in [6.45, 7) is 3.87. The summed E-state index contributed by atoms with van der Waals surface area (Å²) in [5.74, 6) is 2.34. The van der Waals surface area contributed by atoms with Crippen LogP contribution in [0.25, 0.3) is 95.9 Å². The van der Waals surface area contributed by atoms with Gasteiger partial charge in [-0.05, 0) is 99.6 Å². The van der Waals surface area contributed by atoms with E-state index in [9.17, 15) is 0 Å². The Hall–Kier alpha value is -8.49. The number of allylic oxidation sites excluding steroid dienone is 4. The van der Waals surface area contributed by atoms with Crippen LogP contribution in [0.3, 0.4) is 0 Å². The quantitative estimate of drug-likeness (QED) is 0.147. The molecule has 1 atom stereocenters. The zero-order valence-electron chi connectivity index (χ0n) is 33.5. The molecule has 1 aliphatic heterocycles. The highest BCUT2D eigenvalue weighted by atomic mass is 15.1. The monoisotopic (exact) mass is 798 g/mol. The Bertz CT molecular complexity index is 3280. The number of nitrogens with one attached hydrogen (secondary N) is 1. The summed E-state index contributed by atoms with van der Waals surface area (Å²) < 4.78 is 1.98. The zero-order chi connectivity index (χ0) is 41.6. The molecule has 0 amide bonds. The van der Waals surface area contributed by atoms with Crippen molar-refractivity contribution in [3.05, 3.63) is 217 Å². The summed E-state index contributed by atoms with van der Waals surface area (Å²) in [5, 5.41) is 5.81. The molecule has 0 radical (unpaired) electrons. The first-order valence-electron chi connectivity index (χ1n) is 20.5. The number of aromatic nitrogens is 6. The van der Waals surface area contributed by atoms with Gasteiger partial charge in [-0.2, -0.15) is 0 Å². The number of benzene rings is 5. The van der Waals surface area contributed by atoms with E-state index >= 15 is 0 Å². The predicted octanol–water partition coefficient (Wildman–Crippen LogP) is 11.7. The Morgan fingerprint density at radius 3 is 1.92 bits per heavy atom. The molecular formula is C54H38N8. The van der Waals surface area contributed by atoms with Gasteiger partial charge >= 0.3 is 0 Å². The molecule has 1 unspecified atom stereocenters. The average molecular weight is 799 g/mol. The first kappa shape index (κ1) is 36.6. The van der Waals surface area contributed by atoms with Gasteiger partial charge in [0.05, 0.1) is 17.3 Å². The third-order valence-electron chi connectivity index (χ3n) is 11.5. The van der Waals surface area contributed by atoms with E-state index in [0.29, 0.717) is 23.3 Å². The summed E-state index contributed by atoms with van der Waals surface area (Å²) in [6, 6.07) is 50.0. The maximum atomic E-state index is 6.59. The SMILES string of the molecule is C=C/C=C(\N)n1c2ccc(-c3cc(-c4ccc(C5=CC=C6C=Cc7cccnc7C6N5)cc4)cc(-c4nc(-c5ccccc5)nc(-c5ccccc5)n4)c3)cc2c2cccnc21. The molecule has 5 aromatic carbocycles. The zero-order valence-corrected chi connectivity index (χ0v) is 33.5. The minimum Gasteiger partial charge on any atom is -0.385 e. The number of fused-ring (bicyclic) bond motifs is 6. The minimum atomic E-state index is -0.00590. The van der Waals surface area contributed by atoms with Crippen molar-refractivity contribution in [3.63, 3.8) is 0 Å². The molecule has 5 heterocycles. The molecule has 8 heteroatoms. The summed E-state index contributed by atoms with van der Waals surface area (Å²) in [4.78, 5) is 24.7. The van der Waals surface area contributed by atoms with E-state index in [2.05, 4.69) is 109 Å². The van der Waals surface area contributed by atoms with Crippen molar-refractivity contribution >= 4 is 39.5 Å². The average Bonchev–Trinajstić information content (AvgIpc) is 3.68. The first-order chi connectivity index (χ1) is 30.6. The summed E-state index contributed by atoms with van der Waals surface area (Å²) in [6.07, 6.45) is 15.8. The van der Waals surface area contributed by atoms with Gasteiger partial charge in [0, 0.05) is 45.6 Å². The number of rotatable bonds is 8.